The lowest BCUT2D eigenvalue weighted by Crippen LogP contribution is -2.36. The van der Waals surface area contributed by atoms with Crippen LogP contribution in [-0.2, 0) is 7.05 Å². The van der Waals surface area contributed by atoms with Crippen molar-refractivity contribution < 1.29 is 0 Å². The zero-order chi connectivity index (χ0) is 9.84. The molecule has 0 bridgehead atoms. The Kier molecular flexibility index (Phi) is 3.41. The number of hydrazine groups is 1. The third-order valence-corrected chi connectivity index (χ3v) is 1.96. The van der Waals surface area contributed by atoms with Crippen molar-refractivity contribution in [3.63, 3.8) is 0 Å². The molecule has 1 heterocycles. The maximum Gasteiger partial charge on any atom is 0.0755 e. The lowest BCUT2D eigenvalue weighted by Gasteiger charge is -2.20. The van der Waals surface area contributed by atoms with Crippen molar-refractivity contribution in [2.75, 3.05) is 20.6 Å². The Morgan fingerprint density at radius 2 is 2.38 bits per heavy atom. The second-order valence-electron chi connectivity index (χ2n) is 3.36. The van der Waals surface area contributed by atoms with Gasteiger partial charge in [-0.2, -0.15) is 5.10 Å². The summed E-state index contributed by atoms with van der Waals surface area (Å²) in [6.07, 6.45) is 1.77. The van der Waals surface area contributed by atoms with E-state index in [0.717, 1.165) is 12.2 Å². The number of likely N-dealkylation sites (N-methyl/N-ethyl adjacent to an activating group) is 1. The molecule has 74 valence electrons. The summed E-state index contributed by atoms with van der Waals surface area (Å²) in [6.45, 7) is 0.857. The van der Waals surface area contributed by atoms with Gasteiger partial charge in [0.2, 0.25) is 0 Å². The van der Waals surface area contributed by atoms with Crippen LogP contribution in [0.2, 0.25) is 0 Å². The standard InChI is InChI=1S/C8H17N5/c1-12(2)6-7(11-9)8-4-5-10-13(8)3/h4-5,7,11H,6,9H2,1-3H3. The molecule has 0 aliphatic carbocycles. The molecule has 0 aliphatic rings. The molecule has 0 aromatic carbocycles. The normalized spacial score (nSPS) is 13.6. The van der Waals surface area contributed by atoms with Crippen LogP contribution in [0.25, 0.3) is 0 Å². The van der Waals surface area contributed by atoms with Gasteiger partial charge in [0.15, 0.2) is 0 Å². The van der Waals surface area contributed by atoms with Gasteiger partial charge in [0, 0.05) is 19.8 Å². The third kappa shape index (κ3) is 2.51. The quantitative estimate of drug-likeness (QED) is 0.487. The van der Waals surface area contributed by atoms with E-state index in [0.29, 0.717) is 0 Å². The van der Waals surface area contributed by atoms with Crippen LogP contribution in [-0.4, -0.2) is 35.3 Å². The van der Waals surface area contributed by atoms with Gasteiger partial charge in [0.1, 0.15) is 0 Å². The van der Waals surface area contributed by atoms with E-state index in [2.05, 4.69) is 15.4 Å². The number of rotatable bonds is 4. The monoisotopic (exact) mass is 183 g/mol. The first-order valence-corrected chi connectivity index (χ1v) is 4.24. The van der Waals surface area contributed by atoms with Crippen molar-refractivity contribution in [3.8, 4) is 0 Å². The summed E-state index contributed by atoms with van der Waals surface area (Å²) in [6, 6.07) is 2.09. The van der Waals surface area contributed by atoms with E-state index in [1.807, 2.05) is 31.9 Å². The molecule has 0 amide bonds. The van der Waals surface area contributed by atoms with E-state index in [1.165, 1.54) is 0 Å². The molecule has 0 saturated heterocycles. The zero-order valence-corrected chi connectivity index (χ0v) is 8.36. The number of aromatic nitrogens is 2. The van der Waals surface area contributed by atoms with Crippen LogP contribution in [0, 0.1) is 0 Å². The van der Waals surface area contributed by atoms with Crippen molar-refractivity contribution >= 4 is 0 Å². The SMILES string of the molecule is CN(C)CC(NN)c1ccnn1C. The molecule has 13 heavy (non-hydrogen) atoms. The average molecular weight is 183 g/mol. The minimum atomic E-state index is 0.127. The first kappa shape index (κ1) is 10.2. The first-order chi connectivity index (χ1) is 6.15. The molecule has 0 aliphatic heterocycles. The molecule has 5 heteroatoms. The minimum absolute atomic E-state index is 0.127. The van der Waals surface area contributed by atoms with E-state index in [-0.39, 0.29) is 6.04 Å². The van der Waals surface area contributed by atoms with Crippen LogP contribution < -0.4 is 11.3 Å². The minimum Gasteiger partial charge on any atom is -0.307 e. The predicted molar refractivity (Wildman–Crippen MR) is 51.8 cm³/mol. The fraction of sp³-hybridized carbons (Fsp3) is 0.625. The Morgan fingerprint density at radius 3 is 2.77 bits per heavy atom. The van der Waals surface area contributed by atoms with Gasteiger partial charge in [0.05, 0.1) is 11.7 Å². The van der Waals surface area contributed by atoms with E-state index in [4.69, 9.17) is 5.84 Å². The fourth-order valence-electron chi connectivity index (χ4n) is 1.32. The maximum absolute atomic E-state index is 5.46. The zero-order valence-electron chi connectivity index (χ0n) is 8.36. The summed E-state index contributed by atoms with van der Waals surface area (Å²) >= 11 is 0. The van der Waals surface area contributed by atoms with E-state index >= 15 is 0 Å². The van der Waals surface area contributed by atoms with Crippen LogP contribution in [0.5, 0.6) is 0 Å². The molecule has 1 atom stereocenters. The fourth-order valence-corrected chi connectivity index (χ4v) is 1.32. The first-order valence-electron chi connectivity index (χ1n) is 4.24. The van der Waals surface area contributed by atoms with Crippen molar-refractivity contribution in [2.24, 2.45) is 12.9 Å². The predicted octanol–water partition coefficient (Wildman–Crippen LogP) is -0.514. The van der Waals surface area contributed by atoms with Crippen LogP contribution in [0.3, 0.4) is 0 Å². The summed E-state index contributed by atoms with van der Waals surface area (Å²) in [5.41, 5.74) is 3.87. The van der Waals surface area contributed by atoms with E-state index in [9.17, 15) is 0 Å². The lowest BCUT2D eigenvalue weighted by atomic mass is 10.2. The Bertz CT molecular complexity index is 255. The molecule has 0 fully saturated rings. The third-order valence-electron chi connectivity index (χ3n) is 1.96. The van der Waals surface area contributed by atoms with E-state index < -0.39 is 0 Å². The average Bonchev–Trinajstić information content (AvgIpc) is 2.47. The summed E-state index contributed by atoms with van der Waals surface area (Å²) < 4.78 is 1.83. The smallest absolute Gasteiger partial charge is 0.0755 e. The molecule has 0 saturated carbocycles. The Labute approximate surface area is 78.5 Å². The maximum atomic E-state index is 5.46. The molecular weight excluding hydrogens is 166 g/mol. The molecular formula is C8H17N5. The van der Waals surface area contributed by atoms with Crippen molar-refractivity contribution in [2.45, 2.75) is 6.04 Å². The van der Waals surface area contributed by atoms with Gasteiger partial charge < -0.3 is 4.90 Å². The Morgan fingerprint density at radius 1 is 1.69 bits per heavy atom. The highest BCUT2D eigenvalue weighted by Crippen LogP contribution is 2.10. The largest absolute Gasteiger partial charge is 0.307 e. The van der Waals surface area contributed by atoms with Gasteiger partial charge >= 0.3 is 0 Å². The summed E-state index contributed by atoms with van der Waals surface area (Å²) in [5.74, 6) is 5.46. The molecule has 0 spiro atoms. The van der Waals surface area contributed by atoms with Crippen molar-refractivity contribution in [1.29, 1.82) is 0 Å². The second-order valence-corrected chi connectivity index (χ2v) is 3.36. The summed E-state index contributed by atoms with van der Waals surface area (Å²) in [7, 11) is 5.94. The Hall–Kier alpha value is -0.910. The van der Waals surface area contributed by atoms with Crippen LogP contribution in [0.1, 0.15) is 11.7 Å². The van der Waals surface area contributed by atoms with Gasteiger partial charge in [-0.25, -0.2) is 0 Å². The number of hydrogen-bond acceptors (Lipinski definition) is 4. The van der Waals surface area contributed by atoms with Crippen molar-refractivity contribution in [3.05, 3.63) is 18.0 Å². The topological polar surface area (TPSA) is 59.1 Å². The molecule has 1 rings (SSSR count). The number of nitrogens with two attached hydrogens (primary N) is 1. The van der Waals surface area contributed by atoms with Gasteiger partial charge in [-0.1, -0.05) is 0 Å². The molecule has 1 unspecified atom stereocenters. The summed E-state index contributed by atoms with van der Waals surface area (Å²) in [5, 5.41) is 4.10. The highest BCUT2D eigenvalue weighted by molar-refractivity contribution is 5.06. The number of nitrogens with one attached hydrogen (secondary N) is 1. The number of aryl methyl sites for hydroxylation is 1. The van der Waals surface area contributed by atoms with Gasteiger partial charge in [-0.15, -0.1) is 0 Å². The van der Waals surface area contributed by atoms with Gasteiger partial charge in [-0.05, 0) is 20.2 Å². The number of nitrogens with zero attached hydrogens (tertiary/aromatic N) is 3. The van der Waals surface area contributed by atoms with Gasteiger partial charge in [-0.3, -0.25) is 16.0 Å². The van der Waals surface area contributed by atoms with E-state index in [1.54, 1.807) is 6.20 Å². The number of hydrogen-bond donors (Lipinski definition) is 2. The second kappa shape index (κ2) is 4.36. The Balaban J connectivity index is 2.72. The summed E-state index contributed by atoms with van der Waals surface area (Å²) in [4.78, 5) is 2.08. The highest BCUT2D eigenvalue weighted by Gasteiger charge is 2.13. The van der Waals surface area contributed by atoms with Crippen LogP contribution in [0.4, 0.5) is 0 Å². The van der Waals surface area contributed by atoms with Crippen molar-refractivity contribution in [1.82, 2.24) is 20.1 Å². The molecule has 5 nitrogen and oxygen atoms in total. The molecule has 1 aromatic rings. The lowest BCUT2D eigenvalue weighted by molar-refractivity contribution is 0.335. The molecule has 3 N–H and O–H groups in total. The van der Waals surface area contributed by atoms with Gasteiger partial charge in [0.25, 0.3) is 0 Å². The van der Waals surface area contributed by atoms with Crippen LogP contribution >= 0.6 is 0 Å². The highest BCUT2D eigenvalue weighted by atomic mass is 15.3. The van der Waals surface area contributed by atoms with Crippen LogP contribution in [0.15, 0.2) is 12.3 Å². The molecule has 1 aromatic heterocycles. The molecule has 0 radical (unpaired) electrons.